The van der Waals surface area contributed by atoms with E-state index in [1.54, 1.807) is 24.3 Å². The van der Waals surface area contributed by atoms with Gasteiger partial charge in [-0.25, -0.2) is 0 Å². The number of benzene rings is 2. The monoisotopic (exact) mass is 356 g/mol. The van der Waals surface area contributed by atoms with E-state index < -0.39 is 4.92 Å². The summed E-state index contributed by atoms with van der Waals surface area (Å²) >= 11 is 9.25. The molecular formula is C13H10BrClN2O3. The van der Waals surface area contributed by atoms with Crippen molar-refractivity contribution in [1.29, 1.82) is 0 Å². The molecule has 0 bridgehead atoms. The molecule has 0 saturated heterocycles. The maximum atomic E-state index is 10.9. The second kappa shape index (κ2) is 6.21. The second-order valence-electron chi connectivity index (χ2n) is 3.88. The summed E-state index contributed by atoms with van der Waals surface area (Å²) in [5.41, 5.74) is 6.27. The lowest BCUT2D eigenvalue weighted by Gasteiger charge is -2.12. The predicted octanol–water partition coefficient (Wildman–Crippen LogP) is 4.26. The fourth-order valence-electron chi connectivity index (χ4n) is 1.66. The molecule has 5 nitrogen and oxygen atoms in total. The number of hydrogen-bond acceptors (Lipinski definition) is 4. The van der Waals surface area contributed by atoms with E-state index in [4.69, 9.17) is 22.1 Å². The van der Waals surface area contributed by atoms with E-state index >= 15 is 0 Å². The van der Waals surface area contributed by atoms with Gasteiger partial charge in [0.2, 0.25) is 0 Å². The van der Waals surface area contributed by atoms with Crippen LogP contribution in [0.2, 0.25) is 5.02 Å². The van der Waals surface area contributed by atoms with Gasteiger partial charge < -0.3 is 10.5 Å². The van der Waals surface area contributed by atoms with Crippen molar-refractivity contribution in [2.45, 2.75) is 6.54 Å². The normalized spacial score (nSPS) is 10.3. The van der Waals surface area contributed by atoms with Gasteiger partial charge in [0, 0.05) is 18.2 Å². The molecule has 0 radical (unpaired) electrons. The smallest absolute Gasteiger partial charge is 0.287 e. The highest BCUT2D eigenvalue weighted by atomic mass is 79.9. The van der Waals surface area contributed by atoms with Gasteiger partial charge in [0.15, 0.2) is 5.75 Å². The van der Waals surface area contributed by atoms with Crippen LogP contribution < -0.4 is 10.5 Å². The van der Waals surface area contributed by atoms with Crippen LogP contribution in [0.1, 0.15) is 5.56 Å². The molecule has 0 aliphatic rings. The maximum Gasteiger partial charge on any atom is 0.287 e. The summed E-state index contributed by atoms with van der Waals surface area (Å²) in [6.07, 6.45) is 0. The number of ether oxygens (including phenoxy) is 1. The predicted molar refractivity (Wildman–Crippen MR) is 80.2 cm³/mol. The molecule has 0 aliphatic heterocycles. The lowest BCUT2D eigenvalue weighted by atomic mass is 10.2. The number of nitrogens with two attached hydrogens (primary N) is 1. The summed E-state index contributed by atoms with van der Waals surface area (Å²) in [6.45, 7) is 0.252. The van der Waals surface area contributed by atoms with E-state index in [1.165, 1.54) is 12.1 Å². The van der Waals surface area contributed by atoms with E-state index in [2.05, 4.69) is 15.9 Å². The van der Waals surface area contributed by atoms with E-state index in [0.29, 0.717) is 16.5 Å². The number of hydrogen-bond donors (Lipinski definition) is 1. The Labute approximate surface area is 128 Å². The number of para-hydroxylation sites is 1. The Morgan fingerprint density at radius 2 is 2.00 bits per heavy atom. The first-order valence-corrected chi connectivity index (χ1v) is 6.80. The number of nitrogens with zero attached hydrogens (tertiary/aromatic N) is 1. The average Bonchev–Trinajstić information content (AvgIpc) is 2.42. The number of rotatable bonds is 4. The molecule has 2 aromatic rings. The zero-order chi connectivity index (χ0) is 14.7. The number of nitro groups is 1. The van der Waals surface area contributed by atoms with Crippen LogP contribution in [-0.4, -0.2) is 4.92 Å². The topological polar surface area (TPSA) is 78.4 Å². The summed E-state index contributed by atoms with van der Waals surface area (Å²) in [7, 11) is 0. The third kappa shape index (κ3) is 2.92. The van der Waals surface area contributed by atoms with E-state index in [1.807, 2.05) is 0 Å². The molecule has 0 heterocycles. The SMILES string of the molecule is NCc1cccc(Cl)c1Oc1cccc([N+](=O)[O-])c1Br. The third-order valence-corrected chi connectivity index (χ3v) is 3.71. The van der Waals surface area contributed by atoms with Crippen molar-refractivity contribution in [3.63, 3.8) is 0 Å². The van der Waals surface area contributed by atoms with Gasteiger partial charge in [-0.3, -0.25) is 10.1 Å². The Kier molecular flexibility index (Phi) is 4.59. The molecule has 7 heteroatoms. The molecule has 0 amide bonds. The Bertz CT molecular complexity index is 664. The minimum Gasteiger partial charge on any atom is -0.454 e. The summed E-state index contributed by atoms with van der Waals surface area (Å²) in [5.74, 6) is 0.708. The second-order valence-corrected chi connectivity index (χ2v) is 5.08. The number of nitro benzene ring substituents is 1. The summed E-state index contributed by atoms with van der Waals surface area (Å²) in [5, 5.41) is 11.3. The van der Waals surface area contributed by atoms with Gasteiger partial charge in [0.1, 0.15) is 10.2 Å². The van der Waals surface area contributed by atoms with Crippen molar-refractivity contribution in [3.8, 4) is 11.5 Å². The van der Waals surface area contributed by atoms with Crippen molar-refractivity contribution in [2.24, 2.45) is 5.73 Å². The van der Waals surface area contributed by atoms with Crippen LogP contribution in [0.5, 0.6) is 11.5 Å². The van der Waals surface area contributed by atoms with Crippen molar-refractivity contribution in [3.05, 3.63) is 61.6 Å². The zero-order valence-electron chi connectivity index (χ0n) is 10.2. The third-order valence-electron chi connectivity index (χ3n) is 2.62. The fourth-order valence-corrected chi connectivity index (χ4v) is 2.38. The van der Waals surface area contributed by atoms with Crippen LogP contribution in [0.4, 0.5) is 5.69 Å². The standard InChI is InChI=1S/C13H10BrClN2O3/c14-12-10(17(18)19)5-2-6-11(12)20-13-8(7-16)3-1-4-9(13)15/h1-6H,7,16H2. The molecule has 104 valence electrons. The Morgan fingerprint density at radius 3 is 2.65 bits per heavy atom. The zero-order valence-corrected chi connectivity index (χ0v) is 12.5. The highest BCUT2D eigenvalue weighted by molar-refractivity contribution is 9.10. The van der Waals surface area contributed by atoms with E-state index in [-0.39, 0.29) is 16.7 Å². The largest absolute Gasteiger partial charge is 0.454 e. The summed E-state index contributed by atoms with van der Waals surface area (Å²) in [4.78, 5) is 10.4. The van der Waals surface area contributed by atoms with Crippen LogP contribution in [0, 0.1) is 10.1 Å². The van der Waals surface area contributed by atoms with Crippen LogP contribution in [0.25, 0.3) is 0 Å². The molecule has 0 fully saturated rings. The van der Waals surface area contributed by atoms with Crippen LogP contribution >= 0.6 is 27.5 Å². The average molecular weight is 358 g/mol. The lowest BCUT2D eigenvalue weighted by molar-refractivity contribution is -0.385. The van der Waals surface area contributed by atoms with Crippen molar-refractivity contribution in [2.75, 3.05) is 0 Å². The summed E-state index contributed by atoms with van der Waals surface area (Å²) < 4.78 is 5.95. The molecular weight excluding hydrogens is 348 g/mol. The number of halogens is 2. The molecule has 0 spiro atoms. The first kappa shape index (κ1) is 14.8. The molecule has 2 N–H and O–H groups in total. The van der Waals surface area contributed by atoms with Crippen molar-refractivity contribution < 1.29 is 9.66 Å². The Morgan fingerprint density at radius 1 is 1.30 bits per heavy atom. The van der Waals surface area contributed by atoms with Gasteiger partial charge >= 0.3 is 0 Å². The molecule has 2 aromatic carbocycles. The van der Waals surface area contributed by atoms with Gasteiger partial charge in [-0.1, -0.05) is 29.8 Å². The van der Waals surface area contributed by atoms with Crippen molar-refractivity contribution >= 4 is 33.2 Å². The van der Waals surface area contributed by atoms with Gasteiger partial charge in [0.05, 0.1) is 9.95 Å². The first-order chi connectivity index (χ1) is 9.54. The highest BCUT2D eigenvalue weighted by Gasteiger charge is 2.18. The molecule has 0 unspecified atom stereocenters. The Balaban J connectivity index is 2.46. The molecule has 20 heavy (non-hydrogen) atoms. The molecule has 0 atom stereocenters. The fraction of sp³-hybridized carbons (Fsp3) is 0.0769. The molecule has 0 aliphatic carbocycles. The lowest BCUT2D eigenvalue weighted by Crippen LogP contribution is -2.00. The van der Waals surface area contributed by atoms with E-state index in [0.717, 1.165) is 5.56 Å². The molecule has 0 aromatic heterocycles. The van der Waals surface area contributed by atoms with Crippen LogP contribution in [-0.2, 0) is 6.54 Å². The van der Waals surface area contributed by atoms with Gasteiger partial charge in [-0.05, 0) is 28.1 Å². The van der Waals surface area contributed by atoms with Gasteiger partial charge in [-0.15, -0.1) is 0 Å². The van der Waals surface area contributed by atoms with Gasteiger partial charge in [0.25, 0.3) is 5.69 Å². The molecule has 0 saturated carbocycles. The van der Waals surface area contributed by atoms with Crippen LogP contribution in [0.15, 0.2) is 40.9 Å². The minimum absolute atomic E-state index is 0.0798. The van der Waals surface area contributed by atoms with Gasteiger partial charge in [-0.2, -0.15) is 0 Å². The van der Waals surface area contributed by atoms with Crippen molar-refractivity contribution in [1.82, 2.24) is 0 Å². The maximum absolute atomic E-state index is 10.9. The van der Waals surface area contributed by atoms with Crippen LogP contribution in [0.3, 0.4) is 0 Å². The quantitative estimate of drug-likeness (QED) is 0.655. The molecule has 2 rings (SSSR count). The Hall–Kier alpha value is -1.63. The first-order valence-electron chi connectivity index (χ1n) is 5.62. The van der Waals surface area contributed by atoms with E-state index in [9.17, 15) is 10.1 Å². The summed E-state index contributed by atoms with van der Waals surface area (Å²) in [6, 6.07) is 9.75. The highest BCUT2D eigenvalue weighted by Crippen LogP contribution is 2.39. The minimum atomic E-state index is -0.493.